The van der Waals surface area contributed by atoms with Gasteiger partial charge in [-0.1, -0.05) is 0 Å². The smallest absolute Gasteiger partial charge is 0.388 e. The zero-order valence-electron chi connectivity index (χ0n) is 9.71. The molecule has 0 saturated carbocycles. The summed E-state index contributed by atoms with van der Waals surface area (Å²) in [7, 11) is 0. The van der Waals surface area contributed by atoms with Gasteiger partial charge in [0.05, 0.1) is 0 Å². The van der Waals surface area contributed by atoms with Crippen LogP contribution in [0.25, 0.3) is 11.3 Å². The monoisotopic (exact) mass is 283 g/mol. The summed E-state index contributed by atoms with van der Waals surface area (Å²) >= 11 is 0. The van der Waals surface area contributed by atoms with Gasteiger partial charge in [0.2, 0.25) is 5.88 Å². The second-order valence-corrected chi connectivity index (χ2v) is 3.53. The maximum absolute atomic E-state index is 12.0. The number of H-pyrrole nitrogens is 1. The molecule has 7 nitrogen and oxygen atoms in total. The van der Waals surface area contributed by atoms with Gasteiger partial charge < -0.3 is 14.8 Å². The number of carboxylic acid groups (broad SMARTS) is 1. The van der Waals surface area contributed by atoms with E-state index in [2.05, 4.69) is 19.7 Å². The third kappa shape index (κ3) is 2.94. The fourth-order valence-electron chi connectivity index (χ4n) is 1.39. The van der Waals surface area contributed by atoms with Gasteiger partial charge in [0, 0.05) is 24.0 Å². The predicted octanol–water partition coefficient (Wildman–Crippen LogP) is 1.13. The van der Waals surface area contributed by atoms with Crippen molar-refractivity contribution in [3.8, 4) is 17.1 Å². The number of ether oxygens (including phenoxy) is 1. The van der Waals surface area contributed by atoms with Gasteiger partial charge in [-0.25, -0.2) is 14.8 Å². The molecule has 0 aliphatic rings. The highest BCUT2D eigenvalue weighted by atomic mass is 19.3. The number of hydrogen-bond donors (Lipinski definition) is 2. The molecule has 20 heavy (non-hydrogen) atoms. The summed E-state index contributed by atoms with van der Waals surface area (Å²) in [6.07, 6.45) is 2.04. The van der Waals surface area contributed by atoms with Gasteiger partial charge in [-0.2, -0.15) is 8.78 Å². The van der Waals surface area contributed by atoms with Crippen molar-refractivity contribution >= 4 is 5.97 Å². The summed E-state index contributed by atoms with van der Waals surface area (Å²) in [6, 6.07) is 2.39. The summed E-state index contributed by atoms with van der Waals surface area (Å²) in [5, 5.41) is 8.79. The van der Waals surface area contributed by atoms with Crippen molar-refractivity contribution in [3.05, 3.63) is 40.6 Å². The van der Waals surface area contributed by atoms with E-state index in [0.29, 0.717) is 0 Å². The largest absolute Gasteiger partial charge is 0.476 e. The number of nitrogens with one attached hydrogen (secondary N) is 1. The summed E-state index contributed by atoms with van der Waals surface area (Å²) < 4.78 is 28.0. The Morgan fingerprint density at radius 1 is 1.40 bits per heavy atom. The first-order chi connectivity index (χ1) is 9.47. The van der Waals surface area contributed by atoms with E-state index >= 15 is 0 Å². The maximum atomic E-state index is 12.0. The van der Waals surface area contributed by atoms with Crippen molar-refractivity contribution < 1.29 is 23.4 Å². The first-order valence-corrected chi connectivity index (χ1v) is 5.21. The quantitative estimate of drug-likeness (QED) is 0.871. The molecule has 0 bridgehead atoms. The van der Waals surface area contributed by atoms with Gasteiger partial charge in [-0.3, -0.25) is 4.79 Å². The highest BCUT2D eigenvalue weighted by Crippen LogP contribution is 2.16. The van der Waals surface area contributed by atoms with Crippen LogP contribution in [0.5, 0.6) is 5.88 Å². The van der Waals surface area contributed by atoms with E-state index < -0.39 is 18.1 Å². The van der Waals surface area contributed by atoms with Crippen molar-refractivity contribution in [1.29, 1.82) is 0 Å². The van der Waals surface area contributed by atoms with Crippen molar-refractivity contribution in [1.82, 2.24) is 15.0 Å². The molecule has 0 aliphatic carbocycles. The summed E-state index contributed by atoms with van der Waals surface area (Å²) in [5.41, 5.74) is -0.983. The fourth-order valence-corrected chi connectivity index (χ4v) is 1.39. The minimum absolute atomic E-state index is 0.177. The lowest BCUT2D eigenvalue weighted by atomic mass is 10.2. The number of nitrogens with zero attached hydrogens (tertiary/aromatic N) is 2. The highest BCUT2D eigenvalue weighted by Gasteiger charge is 2.12. The molecule has 0 amide bonds. The van der Waals surface area contributed by atoms with Crippen LogP contribution in [0.2, 0.25) is 0 Å². The lowest BCUT2D eigenvalue weighted by Crippen LogP contribution is -2.15. The van der Waals surface area contributed by atoms with Gasteiger partial charge in [-0.05, 0) is 6.07 Å². The van der Waals surface area contributed by atoms with Crippen LogP contribution in [0.4, 0.5) is 8.78 Å². The number of carbonyl (C=O) groups is 1. The lowest BCUT2D eigenvalue weighted by Gasteiger charge is -2.04. The molecule has 104 valence electrons. The Hall–Kier alpha value is -2.84. The molecule has 0 fully saturated rings. The van der Waals surface area contributed by atoms with E-state index in [1.807, 2.05) is 0 Å². The SMILES string of the molecule is O=C(O)c1c[nH]c(=O)c(-c2ccc(OC(F)F)nc2)n1. The number of halogens is 2. The van der Waals surface area contributed by atoms with Crippen LogP contribution in [0.3, 0.4) is 0 Å². The second kappa shape index (κ2) is 5.43. The van der Waals surface area contributed by atoms with E-state index in [0.717, 1.165) is 18.5 Å². The Morgan fingerprint density at radius 3 is 2.70 bits per heavy atom. The summed E-state index contributed by atoms with van der Waals surface area (Å²) in [6.45, 7) is -3.01. The van der Waals surface area contributed by atoms with Crippen molar-refractivity contribution in [2.75, 3.05) is 0 Å². The molecular weight excluding hydrogens is 276 g/mol. The standard InChI is InChI=1S/C11H7F2N3O4/c12-11(13)20-7-2-1-5(3-14-7)8-9(17)15-4-6(16-8)10(18)19/h1-4,11H,(H,15,17)(H,18,19). The molecule has 9 heteroatoms. The van der Waals surface area contributed by atoms with Crippen molar-refractivity contribution in [2.45, 2.75) is 6.61 Å². The zero-order chi connectivity index (χ0) is 14.7. The van der Waals surface area contributed by atoms with Gasteiger partial charge in [-0.15, -0.1) is 0 Å². The molecule has 2 heterocycles. The molecule has 2 N–H and O–H groups in total. The molecule has 2 aromatic rings. The predicted molar refractivity (Wildman–Crippen MR) is 61.7 cm³/mol. The summed E-state index contributed by atoms with van der Waals surface area (Å²) in [4.78, 5) is 31.8. The number of alkyl halides is 2. The number of aromatic amines is 1. The van der Waals surface area contributed by atoms with Crippen LogP contribution < -0.4 is 10.3 Å². The van der Waals surface area contributed by atoms with Gasteiger partial charge in [0.1, 0.15) is 5.69 Å². The van der Waals surface area contributed by atoms with Gasteiger partial charge in [0.15, 0.2) is 5.69 Å². The number of aromatic carboxylic acids is 1. The number of rotatable bonds is 4. The number of pyridine rings is 1. The zero-order valence-corrected chi connectivity index (χ0v) is 9.71. The average Bonchev–Trinajstić information content (AvgIpc) is 2.39. The van der Waals surface area contributed by atoms with Crippen LogP contribution >= 0.6 is 0 Å². The molecule has 0 radical (unpaired) electrons. The van der Waals surface area contributed by atoms with Crippen LogP contribution in [-0.2, 0) is 0 Å². The normalized spacial score (nSPS) is 10.6. The van der Waals surface area contributed by atoms with E-state index in [-0.39, 0.29) is 22.8 Å². The van der Waals surface area contributed by atoms with Crippen molar-refractivity contribution in [2.24, 2.45) is 0 Å². The first-order valence-electron chi connectivity index (χ1n) is 5.21. The molecule has 0 aromatic carbocycles. The lowest BCUT2D eigenvalue weighted by molar-refractivity contribution is -0.0528. The Balaban J connectivity index is 2.38. The Kier molecular flexibility index (Phi) is 3.69. The van der Waals surface area contributed by atoms with Gasteiger partial charge in [0.25, 0.3) is 5.56 Å². The highest BCUT2D eigenvalue weighted by molar-refractivity contribution is 5.85. The van der Waals surface area contributed by atoms with Crippen molar-refractivity contribution in [3.63, 3.8) is 0 Å². The molecule has 0 atom stereocenters. The molecular formula is C11H7F2N3O4. The third-order valence-corrected chi connectivity index (χ3v) is 2.23. The Bertz CT molecular complexity index is 685. The fraction of sp³-hybridized carbons (Fsp3) is 0.0909. The van der Waals surface area contributed by atoms with Crippen LogP contribution in [0.1, 0.15) is 10.5 Å². The van der Waals surface area contributed by atoms with Crippen LogP contribution in [0.15, 0.2) is 29.3 Å². The average molecular weight is 283 g/mol. The minimum atomic E-state index is -3.01. The first kappa shape index (κ1) is 13.6. The molecule has 0 unspecified atom stereocenters. The molecule has 0 aliphatic heterocycles. The van der Waals surface area contributed by atoms with Crippen LogP contribution in [-0.4, -0.2) is 32.6 Å². The van der Waals surface area contributed by atoms with E-state index in [9.17, 15) is 18.4 Å². The summed E-state index contributed by atoms with van der Waals surface area (Å²) in [5.74, 6) is -1.64. The molecule has 2 rings (SSSR count). The van der Waals surface area contributed by atoms with Gasteiger partial charge >= 0.3 is 12.6 Å². The van der Waals surface area contributed by atoms with E-state index in [1.165, 1.54) is 6.07 Å². The molecule has 2 aromatic heterocycles. The third-order valence-electron chi connectivity index (χ3n) is 2.23. The Morgan fingerprint density at radius 2 is 2.15 bits per heavy atom. The Labute approximate surface area is 109 Å². The van der Waals surface area contributed by atoms with E-state index in [4.69, 9.17) is 5.11 Å². The molecule has 0 spiro atoms. The minimum Gasteiger partial charge on any atom is -0.476 e. The maximum Gasteiger partial charge on any atom is 0.388 e. The number of aromatic nitrogens is 3. The molecule has 0 saturated heterocycles. The van der Waals surface area contributed by atoms with E-state index in [1.54, 1.807) is 0 Å². The van der Waals surface area contributed by atoms with Crippen LogP contribution in [0, 0.1) is 0 Å². The second-order valence-electron chi connectivity index (χ2n) is 3.53. The number of carboxylic acids is 1. The number of hydrogen-bond acceptors (Lipinski definition) is 5. The topological polar surface area (TPSA) is 105 Å².